The lowest BCUT2D eigenvalue weighted by Crippen LogP contribution is -2.36. The summed E-state index contributed by atoms with van der Waals surface area (Å²) in [6.07, 6.45) is -2.42. The average Bonchev–Trinajstić information content (AvgIpc) is 2.37. The van der Waals surface area contributed by atoms with Crippen LogP contribution < -0.4 is 11.1 Å². The number of carbonyl (C=O) groups is 1. The SMILES string of the molecule is CSCC[C@H](N)C(=O)Nc1cc(C(F)(F)F)ccc1F. The first-order valence-corrected chi connectivity index (χ1v) is 7.07. The lowest BCUT2D eigenvalue weighted by molar-refractivity contribution is -0.137. The van der Waals surface area contributed by atoms with Gasteiger partial charge in [0.2, 0.25) is 5.91 Å². The second kappa shape index (κ2) is 6.94. The van der Waals surface area contributed by atoms with Crippen LogP contribution in [0, 0.1) is 5.82 Å². The highest BCUT2D eigenvalue weighted by atomic mass is 32.2. The molecule has 0 saturated carbocycles. The van der Waals surface area contributed by atoms with Crippen LogP contribution in [0.15, 0.2) is 18.2 Å². The highest BCUT2D eigenvalue weighted by Crippen LogP contribution is 2.31. The average molecular weight is 310 g/mol. The number of amides is 1. The van der Waals surface area contributed by atoms with E-state index in [1.54, 1.807) is 0 Å². The summed E-state index contributed by atoms with van der Waals surface area (Å²) in [6.45, 7) is 0. The smallest absolute Gasteiger partial charge is 0.322 e. The maximum Gasteiger partial charge on any atom is 0.416 e. The molecule has 0 unspecified atom stereocenters. The molecule has 1 aromatic rings. The van der Waals surface area contributed by atoms with Crippen molar-refractivity contribution in [1.29, 1.82) is 0 Å². The molecule has 0 heterocycles. The van der Waals surface area contributed by atoms with E-state index in [0.717, 1.165) is 0 Å². The van der Waals surface area contributed by atoms with Gasteiger partial charge in [0.25, 0.3) is 0 Å². The minimum atomic E-state index is -4.60. The van der Waals surface area contributed by atoms with Crippen molar-refractivity contribution in [1.82, 2.24) is 0 Å². The van der Waals surface area contributed by atoms with E-state index < -0.39 is 35.2 Å². The third-order valence-corrected chi connectivity index (χ3v) is 3.17. The fourth-order valence-electron chi connectivity index (χ4n) is 1.40. The van der Waals surface area contributed by atoms with Gasteiger partial charge < -0.3 is 11.1 Å². The number of carbonyl (C=O) groups excluding carboxylic acids is 1. The molecule has 0 spiro atoms. The largest absolute Gasteiger partial charge is 0.416 e. The summed E-state index contributed by atoms with van der Waals surface area (Å²) >= 11 is 1.48. The summed E-state index contributed by atoms with van der Waals surface area (Å²) in [5.41, 5.74) is 4.00. The summed E-state index contributed by atoms with van der Waals surface area (Å²) in [5.74, 6) is -1.03. The van der Waals surface area contributed by atoms with E-state index in [-0.39, 0.29) is 0 Å². The molecule has 0 aliphatic heterocycles. The number of hydrogen-bond donors (Lipinski definition) is 2. The number of benzene rings is 1. The number of thioether (sulfide) groups is 1. The van der Waals surface area contributed by atoms with Gasteiger partial charge in [-0.05, 0) is 36.6 Å². The van der Waals surface area contributed by atoms with Crippen LogP contribution in [-0.2, 0) is 11.0 Å². The van der Waals surface area contributed by atoms with E-state index in [4.69, 9.17) is 5.73 Å². The van der Waals surface area contributed by atoms with Crippen LogP contribution in [0.1, 0.15) is 12.0 Å². The number of alkyl halides is 3. The Morgan fingerprint density at radius 1 is 1.45 bits per heavy atom. The first-order chi connectivity index (χ1) is 9.25. The van der Waals surface area contributed by atoms with E-state index >= 15 is 0 Å². The standard InChI is InChI=1S/C12H14F4N2OS/c1-20-5-4-9(17)11(19)18-10-6-7(12(14,15)16)2-3-8(10)13/h2-3,6,9H,4-5,17H2,1H3,(H,18,19)/t9-/m0/s1. The Morgan fingerprint density at radius 2 is 2.10 bits per heavy atom. The van der Waals surface area contributed by atoms with Crippen molar-refractivity contribution in [2.75, 3.05) is 17.3 Å². The molecule has 0 bridgehead atoms. The third kappa shape index (κ3) is 4.68. The molecule has 1 atom stereocenters. The molecule has 112 valence electrons. The Kier molecular flexibility index (Phi) is 5.82. The first kappa shape index (κ1) is 16.8. The maximum absolute atomic E-state index is 13.4. The Hall–Kier alpha value is -1.28. The van der Waals surface area contributed by atoms with Gasteiger partial charge in [-0.2, -0.15) is 24.9 Å². The van der Waals surface area contributed by atoms with Crippen LogP contribution in [0.25, 0.3) is 0 Å². The van der Waals surface area contributed by atoms with Crippen LogP contribution >= 0.6 is 11.8 Å². The van der Waals surface area contributed by atoms with Crippen LogP contribution in [-0.4, -0.2) is 24.0 Å². The Labute approximate surface area is 117 Å². The van der Waals surface area contributed by atoms with E-state index in [0.29, 0.717) is 30.4 Å². The van der Waals surface area contributed by atoms with Crippen molar-refractivity contribution >= 4 is 23.4 Å². The molecule has 0 radical (unpaired) electrons. The molecule has 1 aromatic carbocycles. The zero-order chi connectivity index (χ0) is 15.3. The summed E-state index contributed by atoms with van der Waals surface area (Å²) in [4.78, 5) is 11.6. The molecule has 0 aliphatic carbocycles. The molecule has 0 aliphatic rings. The van der Waals surface area contributed by atoms with E-state index in [1.807, 2.05) is 6.26 Å². The minimum Gasteiger partial charge on any atom is -0.322 e. The monoisotopic (exact) mass is 310 g/mol. The summed E-state index contributed by atoms with van der Waals surface area (Å²) in [7, 11) is 0. The maximum atomic E-state index is 13.4. The Bertz CT molecular complexity index is 479. The van der Waals surface area contributed by atoms with Crippen molar-refractivity contribution in [3.63, 3.8) is 0 Å². The lowest BCUT2D eigenvalue weighted by Gasteiger charge is -2.14. The Morgan fingerprint density at radius 3 is 2.65 bits per heavy atom. The minimum absolute atomic E-state index is 0.355. The van der Waals surface area contributed by atoms with E-state index in [2.05, 4.69) is 5.32 Å². The molecule has 8 heteroatoms. The lowest BCUT2D eigenvalue weighted by atomic mass is 10.1. The van der Waals surface area contributed by atoms with Crippen molar-refractivity contribution in [2.24, 2.45) is 5.73 Å². The molecule has 1 rings (SSSR count). The highest BCUT2D eigenvalue weighted by Gasteiger charge is 2.31. The first-order valence-electron chi connectivity index (χ1n) is 5.68. The van der Waals surface area contributed by atoms with Gasteiger partial charge in [0.15, 0.2) is 0 Å². The van der Waals surface area contributed by atoms with E-state index in [9.17, 15) is 22.4 Å². The molecule has 3 nitrogen and oxygen atoms in total. The molecular weight excluding hydrogens is 296 g/mol. The second-order valence-electron chi connectivity index (χ2n) is 4.07. The van der Waals surface area contributed by atoms with Crippen LogP contribution in [0.2, 0.25) is 0 Å². The fourth-order valence-corrected chi connectivity index (χ4v) is 1.89. The van der Waals surface area contributed by atoms with E-state index in [1.165, 1.54) is 11.8 Å². The molecular formula is C12H14F4N2OS. The van der Waals surface area contributed by atoms with Gasteiger partial charge in [0.1, 0.15) is 5.82 Å². The zero-order valence-corrected chi connectivity index (χ0v) is 11.4. The van der Waals surface area contributed by atoms with Gasteiger partial charge >= 0.3 is 6.18 Å². The topological polar surface area (TPSA) is 55.1 Å². The molecule has 0 aromatic heterocycles. The number of anilines is 1. The molecule has 0 fully saturated rings. The highest BCUT2D eigenvalue weighted by molar-refractivity contribution is 7.98. The quantitative estimate of drug-likeness (QED) is 0.822. The van der Waals surface area contributed by atoms with Gasteiger partial charge in [-0.25, -0.2) is 4.39 Å². The van der Waals surface area contributed by atoms with Crippen molar-refractivity contribution < 1.29 is 22.4 Å². The third-order valence-electron chi connectivity index (χ3n) is 2.52. The predicted molar refractivity (Wildman–Crippen MR) is 71.0 cm³/mol. The van der Waals surface area contributed by atoms with Crippen molar-refractivity contribution in [2.45, 2.75) is 18.6 Å². The normalized spacial score (nSPS) is 13.1. The molecule has 1 amide bonds. The van der Waals surface area contributed by atoms with Crippen LogP contribution in [0.4, 0.5) is 23.2 Å². The molecule has 0 saturated heterocycles. The number of nitrogens with one attached hydrogen (secondary N) is 1. The summed E-state index contributed by atoms with van der Waals surface area (Å²) < 4.78 is 50.9. The summed E-state index contributed by atoms with van der Waals surface area (Å²) in [6, 6.07) is 0.926. The van der Waals surface area contributed by atoms with Gasteiger partial charge in [-0.3, -0.25) is 4.79 Å². The molecule has 20 heavy (non-hydrogen) atoms. The van der Waals surface area contributed by atoms with Crippen molar-refractivity contribution in [3.8, 4) is 0 Å². The Balaban J connectivity index is 2.84. The zero-order valence-electron chi connectivity index (χ0n) is 10.6. The van der Waals surface area contributed by atoms with Crippen LogP contribution in [0.3, 0.4) is 0 Å². The summed E-state index contributed by atoms with van der Waals surface area (Å²) in [5, 5.41) is 2.08. The fraction of sp³-hybridized carbons (Fsp3) is 0.417. The second-order valence-corrected chi connectivity index (χ2v) is 5.06. The van der Waals surface area contributed by atoms with Gasteiger partial charge in [0.05, 0.1) is 17.3 Å². The van der Waals surface area contributed by atoms with Gasteiger partial charge in [0, 0.05) is 0 Å². The number of nitrogens with two attached hydrogens (primary N) is 1. The number of hydrogen-bond acceptors (Lipinski definition) is 3. The van der Waals surface area contributed by atoms with Gasteiger partial charge in [-0.1, -0.05) is 0 Å². The predicted octanol–water partition coefficient (Wildman–Crippen LogP) is 2.86. The van der Waals surface area contributed by atoms with Crippen molar-refractivity contribution in [3.05, 3.63) is 29.6 Å². The molecule has 3 N–H and O–H groups in total. The van der Waals surface area contributed by atoms with Crippen LogP contribution in [0.5, 0.6) is 0 Å². The van der Waals surface area contributed by atoms with Gasteiger partial charge in [-0.15, -0.1) is 0 Å². The number of rotatable bonds is 5. The number of halogens is 4.